The quantitative estimate of drug-likeness (QED) is 0.820. The predicted octanol–water partition coefficient (Wildman–Crippen LogP) is 3.06. The first-order valence-electron chi connectivity index (χ1n) is 8.96. The molecule has 1 aromatic carbocycles. The average Bonchev–Trinajstić information content (AvgIpc) is 2.97. The molecule has 3 rings (SSSR count). The Bertz CT molecular complexity index is 784. The lowest BCUT2D eigenvalue weighted by Gasteiger charge is -2.14. The number of hydrogen-bond donors (Lipinski definition) is 2. The monoisotopic (exact) mass is 371 g/mol. The molecule has 6 heteroatoms. The Hall–Kier alpha value is -2.18. The highest BCUT2D eigenvalue weighted by molar-refractivity contribution is 7.17. The average molecular weight is 372 g/mol. The van der Waals surface area contributed by atoms with Crippen LogP contribution in [0.1, 0.15) is 39.2 Å². The number of thiophene rings is 1. The predicted molar refractivity (Wildman–Crippen MR) is 106 cm³/mol. The van der Waals surface area contributed by atoms with Gasteiger partial charge in [-0.05, 0) is 50.9 Å². The van der Waals surface area contributed by atoms with Gasteiger partial charge in [0.2, 0.25) is 5.91 Å². The molecule has 1 aliphatic rings. The molecule has 5 nitrogen and oxygen atoms in total. The van der Waals surface area contributed by atoms with Gasteiger partial charge >= 0.3 is 0 Å². The summed E-state index contributed by atoms with van der Waals surface area (Å²) in [6.45, 7) is 0.781. The molecule has 0 radical (unpaired) electrons. The van der Waals surface area contributed by atoms with Gasteiger partial charge in [-0.25, -0.2) is 0 Å². The number of hydrogen-bond acceptors (Lipinski definition) is 4. The van der Waals surface area contributed by atoms with E-state index in [1.165, 1.54) is 4.88 Å². The Kier molecular flexibility index (Phi) is 6.06. The number of aryl methyl sites for hydroxylation is 1. The second kappa shape index (κ2) is 8.47. The van der Waals surface area contributed by atoms with Crippen LogP contribution in [0.4, 0.5) is 5.00 Å². The van der Waals surface area contributed by atoms with Crippen molar-refractivity contribution in [3.8, 4) is 0 Å². The molecule has 138 valence electrons. The minimum Gasteiger partial charge on any atom is -0.348 e. The third-order valence-electron chi connectivity index (χ3n) is 4.41. The van der Waals surface area contributed by atoms with E-state index < -0.39 is 0 Å². The first-order chi connectivity index (χ1) is 12.5. The number of carbonyl (C=O) groups is 2. The third-order valence-corrected chi connectivity index (χ3v) is 5.61. The fraction of sp³-hybridized carbons (Fsp3) is 0.400. The molecule has 0 atom stereocenters. The molecule has 2 aromatic rings. The van der Waals surface area contributed by atoms with Crippen molar-refractivity contribution < 1.29 is 9.59 Å². The molecular formula is C20H25N3O2S. The summed E-state index contributed by atoms with van der Waals surface area (Å²) in [6.07, 6.45) is 4.13. The molecule has 0 aliphatic heterocycles. The molecule has 2 amide bonds. The van der Waals surface area contributed by atoms with Crippen LogP contribution in [-0.4, -0.2) is 37.4 Å². The van der Waals surface area contributed by atoms with Crippen LogP contribution in [0.25, 0.3) is 0 Å². The van der Waals surface area contributed by atoms with Crippen molar-refractivity contribution in [2.75, 3.05) is 26.0 Å². The Balaban J connectivity index is 1.80. The molecule has 0 saturated carbocycles. The van der Waals surface area contributed by atoms with E-state index in [0.717, 1.165) is 36.8 Å². The third kappa shape index (κ3) is 4.51. The molecule has 2 N–H and O–H groups in total. The summed E-state index contributed by atoms with van der Waals surface area (Å²) < 4.78 is 0. The second-order valence-electron chi connectivity index (χ2n) is 6.87. The molecule has 1 aromatic heterocycles. The molecule has 0 bridgehead atoms. The summed E-state index contributed by atoms with van der Waals surface area (Å²) in [5.41, 5.74) is 2.84. The number of benzene rings is 1. The lowest BCUT2D eigenvalue weighted by atomic mass is 9.95. The molecule has 0 fully saturated rings. The first-order valence-corrected chi connectivity index (χ1v) is 9.77. The number of anilines is 1. The van der Waals surface area contributed by atoms with E-state index in [2.05, 4.69) is 10.6 Å². The van der Waals surface area contributed by atoms with Crippen LogP contribution in [-0.2, 0) is 24.2 Å². The maximum Gasteiger partial charge on any atom is 0.254 e. The van der Waals surface area contributed by atoms with Crippen LogP contribution in [0, 0.1) is 0 Å². The van der Waals surface area contributed by atoms with E-state index in [1.807, 2.05) is 49.3 Å². The largest absolute Gasteiger partial charge is 0.348 e. The topological polar surface area (TPSA) is 61.4 Å². The van der Waals surface area contributed by atoms with E-state index in [4.69, 9.17) is 0 Å². The Morgan fingerprint density at radius 1 is 1.12 bits per heavy atom. The molecule has 1 aliphatic carbocycles. The number of likely N-dealkylation sites (N-methyl/N-ethyl adjacent to an activating group) is 1. The van der Waals surface area contributed by atoms with Gasteiger partial charge in [-0.3, -0.25) is 9.59 Å². The smallest absolute Gasteiger partial charge is 0.254 e. The van der Waals surface area contributed by atoms with Crippen LogP contribution >= 0.6 is 11.3 Å². The van der Waals surface area contributed by atoms with Crippen molar-refractivity contribution in [1.29, 1.82) is 0 Å². The fourth-order valence-corrected chi connectivity index (χ4v) is 4.52. The van der Waals surface area contributed by atoms with Crippen LogP contribution < -0.4 is 10.6 Å². The zero-order valence-electron chi connectivity index (χ0n) is 15.3. The van der Waals surface area contributed by atoms with Crippen LogP contribution in [0.15, 0.2) is 30.3 Å². The van der Waals surface area contributed by atoms with Crippen LogP contribution in [0.5, 0.6) is 0 Å². The lowest BCUT2D eigenvalue weighted by molar-refractivity contribution is -0.116. The highest BCUT2D eigenvalue weighted by atomic mass is 32.1. The highest BCUT2D eigenvalue weighted by Gasteiger charge is 2.26. The summed E-state index contributed by atoms with van der Waals surface area (Å²) in [4.78, 5) is 28.2. The summed E-state index contributed by atoms with van der Waals surface area (Å²) in [5, 5.41) is 6.66. The number of carbonyl (C=O) groups excluding carboxylic acids is 2. The zero-order chi connectivity index (χ0) is 18.5. The molecule has 0 unspecified atom stereocenters. The van der Waals surface area contributed by atoms with Gasteiger partial charge < -0.3 is 15.5 Å². The summed E-state index contributed by atoms with van der Waals surface area (Å²) in [7, 11) is 3.71. The van der Waals surface area contributed by atoms with E-state index in [1.54, 1.807) is 11.3 Å². The molecule has 0 spiro atoms. The highest BCUT2D eigenvalue weighted by Crippen LogP contribution is 2.38. The van der Waals surface area contributed by atoms with Crippen LogP contribution in [0.2, 0.25) is 0 Å². The van der Waals surface area contributed by atoms with Crippen molar-refractivity contribution in [2.45, 2.75) is 32.2 Å². The second-order valence-corrected chi connectivity index (χ2v) is 7.97. The Morgan fingerprint density at radius 2 is 1.85 bits per heavy atom. The summed E-state index contributed by atoms with van der Waals surface area (Å²) in [5.74, 6) is -0.195. The normalized spacial score (nSPS) is 13.3. The number of nitrogens with zero attached hydrogens (tertiary/aromatic N) is 1. The molecular weight excluding hydrogens is 346 g/mol. The Labute approximate surface area is 158 Å². The Morgan fingerprint density at radius 3 is 2.58 bits per heavy atom. The van der Waals surface area contributed by atoms with E-state index >= 15 is 0 Å². The fourth-order valence-electron chi connectivity index (χ4n) is 3.21. The van der Waals surface area contributed by atoms with E-state index in [9.17, 15) is 9.59 Å². The van der Waals surface area contributed by atoms with Gasteiger partial charge in [0.25, 0.3) is 5.91 Å². The SMILES string of the molecule is CN(C)CC(=O)Nc1sc2c(c1C(=O)NCc1ccccc1)CCCC2. The molecule has 26 heavy (non-hydrogen) atoms. The minimum atomic E-state index is -0.103. The minimum absolute atomic E-state index is 0.0919. The van der Waals surface area contributed by atoms with Gasteiger partial charge in [0.05, 0.1) is 12.1 Å². The maximum absolute atomic E-state index is 12.9. The molecule has 1 heterocycles. The van der Waals surface area contributed by atoms with Crippen molar-refractivity contribution in [2.24, 2.45) is 0 Å². The number of rotatable bonds is 6. The van der Waals surface area contributed by atoms with Crippen molar-refractivity contribution in [3.63, 3.8) is 0 Å². The number of amides is 2. The van der Waals surface area contributed by atoms with Gasteiger partial charge in [0.1, 0.15) is 5.00 Å². The lowest BCUT2D eigenvalue weighted by Crippen LogP contribution is -2.29. The van der Waals surface area contributed by atoms with Gasteiger partial charge in [-0.15, -0.1) is 11.3 Å². The first kappa shape index (κ1) is 18.6. The standard InChI is InChI=1S/C20H25N3O2S/c1-23(2)13-17(24)22-20-18(15-10-6-7-11-16(15)26-20)19(25)21-12-14-8-4-3-5-9-14/h3-5,8-9H,6-7,10-13H2,1-2H3,(H,21,25)(H,22,24). The summed E-state index contributed by atoms with van der Waals surface area (Å²) in [6, 6.07) is 9.85. The van der Waals surface area contributed by atoms with Crippen molar-refractivity contribution in [1.82, 2.24) is 10.2 Å². The van der Waals surface area contributed by atoms with E-state index in [0.29, 0.717) is 23.7 Å². The van der Waals surface area contributed by atoms with Gasteiger partial charge in [0, 0.05) is 11.4 Å². The number of nitrogens with one attached hydrogen (secondary N) is 2. The maximum atomic E-state index is 12.9. The van der Waals surface area contributed by atoms with Gasteiger partial charge in [0.15, 0.2) is 0 Å². The van der Waals surface area contributed by atoms with Crippen molar-refractivity contribution in [3.05, 3.63) is 51.9 Å². The van der Waals surface area contributed by atoms with Gasteiger partial charge in [-0.2, -0.15) is 0 Å². The molecule has 0 saturated heterocycles. The zero-order valence-corrected chi connectivity index (χ0v) is 16.1. The van der Waals surface area contributed by atoms with Gasteiger partial charge in [-0.1, -0.05) is 30.3 Å². The summed E-state index contributed by atoms with van der Waals surface area (Å²) >= 11 is 1.56. The van der Waals surface area contributed by atoms with Crippen molar-refractivity contribution >= 4 is 28.2 Å². The van der Waals surface area contributed by atoms with E-state index in [-0.39, 0.29) is 11.8 Å². The number of fused-ring (bicyclic) bond motifs is 1. The van der Waals surface area contributed by atoms with Crippen LogP contribution in [0.3, 0.4) is 0 Å².